The van der Waals surface area contributed by atoms with Crippen molar-refractivity contribution < 1.29 is 13.2 Å². The molecule has 88 valence electrons. The van der Waals surface area contributed by atoms with E-state index in [0.717, 1.165) is 13.0 Å². The molecule has 0 aromatic heterocycles. The zero-order valence-corrected chi connectivity index (χ0v) is 8.69. The quantitative estimate of drug-likeness (QED) is 0.734. The average molecular weight is 222 g/mol. The number of hydrogen-bond acceptors (Lipinski definition) is 2. The van der Waals surface area contributed by atoms with Crippen molar-refractivity contribution >= 4 is 0 Å². The number of piperidine rings is 1. The van der Waals surface area contributed by atoms with Crippen LogP contribution in [0.15, 0.2) is 0 Å². The lowest BCUT2D eigenvalue weighted by Gasteiger charge is -2.33. The fraction of sp³-hybridized carbons (Fsp3) is 1.00. The number of likely N-dealkylation sites (tertiary alicyclic amines) is 1. The summed E-state index contributed by atoms with van der Waals surface area (Å²) in [5.41, 5.74) is 0. The number of hydrogen-bond donors (Lipinski definition) is 1. The minimum atomic E-state index is -4.14. The molecule has 0 amide bonds. The lowest BCUT2D eigenvalue weighted by atomic mass is 9.98. The molecule has 0 radical (unpaired) electrons. The normalized spacial score (nSPS) is 29.4. The Bertz CT molecular complexity index is 213. The molecule has 5 heteroatoms. The topological polar surface area (TPSA) is 15.3 Å². The summed E-state index contributed by atoms with van der Waals surface area (Å²) >= 11 is 0. The molecule has 2 fully saturated rings. The van der Waals surface area contributed by atoms with E-state index in [2.05, 4.69) is 5.32 Å². The van der Waals surface area contributed by atoms with E-state index in [1.807, 2.05) is 0 Å². The van der Waals surface area contributed by atoms with Crippen molar-refractivity contribution in [2.45, 2.75) is 38.0 Å². The molecular weight excluding hydrogens is 205 g/mol. The zero-order chi connectivity index (χ0) is 10.9. The van der Waals surface area contributed by atoms with Gasteiger partial charge in [0.15, 0.2) is 0 Å². The van der Waals surface area contributed by atoms with Crippen LogP contribution in [-0.2, 0) is 0 Å². The van der Waals surface area contributed by atoms with Gasteiger partial charge in [0, 0.05) is 19.1 Å². The van der Waals surface area contributed by atoms with Crippen LogP contribution < -0.4 is 5.32 Å². The van der Waals surface area contributed by atoms with Gasteiger partial charge in [0.05, 0.1) is 0 Å². The first-order valence-corrected chi connectivity index (χ1v) is 5.61. The molecule has 0 unspecified atom stereocenters. The predicted molar refractivity (Wildman–Crippen MR) is 51.4 cm³/mol. The number of halogens is 3. The van der Waals surface area contributed by atoms with E-state index in [0.29, 0.717) is 17.4 Å². The van der Waals surface area contributed by atoms with Crippen molar-refractivity contribution in [1.29, 1.82) is 0 Å². The van der Waals surface area contributed by atoms with Gasteiger partial charge < -0.3 is 5.32 Å². The van der Waals surface area contributed by atoms with Crippen molar-refractivity contribution in [2.75, 3.05) is 19.6 Å². The summed E-state index contributed by atoms with van der Waals surface area (Å²) in [7, 11) is 0. The van der Waals surface area contributed by atoms with Gasteiger partial charge in [0.25, 0.3) is 0 Å². The molecule has 2 nitrogen and oxygen atoms in total. The molecule has 0 bridgehead atoms. The molecule has 0 aromatic rings. The molecular formula is C10H17F3N2. The molecule has 1 aliphatic heterocycles. The Hall–Kier alpha value is -0.290. The second kappa shape index (κ2) is 4.29. The Balaban J connectivity index is 1.75. The van der Waals surface area contributed by atoms with Crippen molar-refractivity contribution in [2.24, 2.45) is 5.92 Å². The second-order valence-electron chi connectivity index (χ2n) is 4.60. The van der Waals surface area contributed by atoms with Crippen LogP contribution in [0.1, 0.15) is 25.7 Å². The largest absolute Gasteiger partial charge is 0.459 e. The van der Waals surface area contributed by atoms with Gasteiger partial charge in [-0.1, -0.05) is 0 Å². The van der Waals surface area contributed by atoms with E-state index >= 15 is 0 Å². The Labute approximate surface area is 87.8 Å². The molecule has 1 atom stereocenters. The maximum absolute atomic E-state index is 12.4. The minimum Gasteiger partial charge on any atom is -0.314 e. The smallest absolute Gasteiger partial charge is 0.314 e. The van der Waals surface area contributed by atoms with Crippen LogP contribution in [0.4, 0.5) is 13.2 Å². The molecule has 0 aromatic carbocycles. The molecule has 15 heavy (non-hydrogen) atoms. The van der Waals surface area contributed by atoms with Gasteiger partial charge in [-0.15, -0.1) is 0 Å². The fourth-order valence-electron chi connectivity index (χ4n) is 2.08. The van der Waals surface area contributed by atoms with Crippen LogP contribution in [0.5, 0.6) is 0 Å². The Kier molecular flexibility index (Phi) is 3.21. The minimum absolute atomic E-state index is 0.168. The summed E-state index contributed by atoms with van der Waals surface area (Å²) < 4.78 is 37.3. The zero-order valence-electron chi connectivity index (χ0n) is 8.69. The Morgan fingerprint density at radius 1 is 1.20 bits per heavy atom. The number of alkyl halides is 3. The number of rotatable bonds is 3. The number of nitrogens with zero attached hydrogens (tertiary/aromatic N) is 1. The first kappa shape index (κ1) is 11.2. The summed E-state index contributed by atoms with van der Waals surface area (Å²) in [6.45, 7) is 1.09. The Morgan fingerprint density at radius 2 is 1.93 bits per heavy atom. The maximum Gasteiger partial charge on any atom is 0.459 e. The molecule has 0 spiro atoms. The fourth-order valence-corrected chi connectivity index (χ4v) is 2.08. The van der Waals surface area contributed by atoms with Crippen molar-refractivity contribution in [3.63, 3.8) is 0 Å². The monoisotopic (exact) mass is 222 g/mol. The van der Waals surface area contributed by atoms with Gasteiger partial charge in [-0.3, -0.25) is 0 Å². The van der Waals surface area contributed by atoms with Crippen LogP contribution in [-0.4, -0.2) is 36.9 Å². The highest BCUT2D eigenvalue weighted by Gasteiger charge is 2.39. The molecule has 1 aliphatic carbocycles. The van der Waals surface area contributed by atoms with E-state index in [1.54, 1.807) is 0 Å². The third-order valence-corrected chi connectivity index (χ3v) is 3.15. The van der Waals surface area contributed by atoms with Gasteiger partial charge in [0.2, 0.25) is 0 Å². The van der Waals surface area contributed by atoms with Crippen molar-refractivity contribution in [1.82, 2.24) is 10.2 Å². The van der Waals surface area contributed by atoms with Crippen molar-refractivity contribution in [3.8, 4) is 0 Å². The van der Waals surface area contributed by atoms with Crippen molar-refractivity contribution in [3.05, 3.63) is 0 Å². The van der Waals surface area contributed by atoms with E-state index < -0.39 is 6.30 Å². The first-order valence-electron chi connectivity index (χ1n) is 5.61. The maximum atomic E-state index is 12.4. The lowest BCUT2D eigenvalue weighted by Crippen LogP contribution is -2.47. The van der Waals surface area contributed by atoms with Gasteiger partial charge in [-0.2, -0.15) is 13.2 Å². The number of nitrogens with one attached hydrogen (secondary N) is 1. The van der Waals surface area contributed by atoms with Crippen LogP contribution >= 0.6 is 0 Å². The third-order valence-electron chi connectivity index (χ3n) is 3.15. The van der Waals surface area contributed by atoms with Gasteiger partial charge in [0.1, 0.15) is 0 Å². The van der Waals surface area contributed by atoms with Crippen LogP contribution in [0.3, 0.4) is 0 Å². The molecule has 2 aliphatic rings. The molecule has 1 N–H and O–H groups in total. The van der Waals surface area contributed by atoms with Crippen LogP contribution in [0, 0.1) is 5.92 Å². The summed E-state index contributed by atoms with van der Waals surface area (Å²) in [4.78, 5) is 0.649. The second-order valence-corrected chi connectivity index (χ2v) is 4.60. The highest BCUT2D eigenvalue weighted by Crippen LogP contribution is 2.28. The third kappa shape index (κ3) is 3.34. The highest BCUT2D eigenvalue weighted by molar-refractivity contribution is 4.83. The first-order chi connectivity index (χ1) is 7.05. The standard InChI is InChI=1S/C10H17F3N2/c11-10(12,13)15-5-1-2-8(7-15)6-14-9-3-4-9/h8-9,14H,1-7H2/t8-/m1/s1. The van der Waals surface area contributed by atoms with Crippen LogP contribution in [0.2, 0.25) is 0 Å². The predicted octanol–water partition coefficient (Wildman–Crippen LogP) is 1.97. The molecule has 1 saturated heterocycles. The van der Waals surface area contributed by atoms with E-state index in [-0.39, 0.29) is 19.0 Å². The SMILES string of the molecule is FC(F)(F)N1CCC[C@H](CNC2CC2)C1. The highest BCUT2D eigenvalue weighted by atomic mass is 19.4. The van der Waals surface area contributed by atoms with E-state index in [4.69, 9.17) is 0 Å². The molecule has 2 rings (SSSR count). The summed E-state index contributed by atoms with van der Waals surface area (Å²) in [6, 6.07) is 0.589. The van der Waals surface area contributed by atoms with Gasteiger partial charge >= 0.3 is 6.30 Å². The summed E-state index contributed by atoms with van der Waals surface area (Å²) in [6.07, 6.45) is -0.174. The van der Waals surface area contributed by atoms with Crippen LogP contribution in [0.25, 0.3) is 0 Å². The van der Waals surface area contributed by atoms with Gasteiger partial charge in [-0.25, -0.2) is 4.90 Å². The summed E-state index contributed by atoms with van der Waals surface area (Å²) in [5, 5.41) is 3.30. The average Bonchev–Trinajstić information content (AvgIpc) is 2.97. The lowest BCUT2D eigenvalue weighted by molar-refractivity contribution is -0.253. The van der Waals surface area contributed by atoms with E-state index in [1.165, 1.54) is 12.8 Å². The van der Waals surface area contributed by atoms with Gasteiger partial charge in [-0.05, 0) is 38.1 Å². The molecule has 1 saturated carbocycles. The molecule has 1 heterocycles. The summed E-state index contributed by atoms with van der Waals surface area (Å²) in [5.74, 6) is 0.168. The Morgan fingerprint density at radius 3 is 2.53 bits per heavy atom. The van der Waals surface area contributed by atoms with E-state index in [9.17, 15) is 13.2 Å².